The topological polar surface area (TPSA) is 55.4 Å². The van der Waals surface area contributed by atoms with E-state index in [4.69, 9.17) is 16.3 Å². The van der Waals surface area contributed by atoms with Gasteiger partial charge in [-0.3, -0.25) is 4.79 Å². The highest BCUT2D eigenvalue weighted by atomic mass is 35.5. The van der Waals surface area contributed by atoms with Crippen molar-refractivity contribution in [2.24, 2.45) is 0 Å². The molecule has 5 heteroatoms. The largest absolute Gasteiger partial charge is 0.464 e. The molecule has 1 aromatic carbocycles. The second kappa shape index (κ2) is 6.25. The van der Waals surface area contributed by atoms with Crippen molar-refractivity contribution in [3.63, 3.8) is 0 Å². The molecule has 1 aromatic rings. The molecule has 0 saturated carbocycles. The van der Waals surface area contributed by atoms with Crippen molar-refractivity contribution in [3.8, 4) is 0 Å². The number of ether oxygens (including phenoxy) is 1. The second-order valence-corrected chi connectivity index (χ2v) is 3.83. The van der Waals surface area contributed by atoms with Gasteiger partial charge in [0, 0.05) is 0 Å². The van der Waals surface area contributed by atoms with Gasteiger partial charge in [-0.25, -0.2) is 4.79 Å². The Kier molecular flexibility index (Phi) is 4.97. The first-order valence-electron chi connectivity index (χ1n) is 5.28. The van der Waals surface area contributed by atoms with E-state index in [0.29, 0.717) is 10.6 Å². The van der Waals surface area contributed by atoms with Gasteiger partial charge in [0.1, 0.15) is 6.04 Å². The van der Waals surface area contributed by atoms with Crippen LogP contribution in [0, 0.1) is 0 Å². The molecule has 0 saturated heterocycles. The molecule has 1 unspecified atom stereocenters. The first-order valence-corrected chi connectivity index (χ1v) is 5.66. The lowest BCUT2D eigenvalue weighted by molar-refractivity contribution is -0.144. The number of rotatable bonds is 4. The Balaban J connectivity index is 2.67. The molecule has 17 heavy (non-hydrogen) atoms. The molecule has 0 radical (unpaired) electrons. The van der Waals surface area contributed by atoms with Crippen molar-refractivity contribution in [3.05, 3.63) is 34.9 Å². The molecule has 0 aliphatic carbocycles. The molecule has 1 amide bonds. The molecule has 1 atom stereocenters. The Morgan fingerprint density at radius 2 is 2.06 bits per heavy atom. The normalized spacial score (nSPS) is 11.7. The minimum absolute atomic E-state index is 0.283. The van der Waals surface area contributed by atoms with Gasteiger partial charge >= 0.3 is 5.97 Å². The standard InChI is InChI=1S/C12H14ClNO3/c1-3-17-12(16)8(2)14-11(15)9-6-4-5-7-10(9)13/h4-8H,3H2,1-2H3,(H,14,15). The van der Waals surface area contributed by atoms with Gasteiger partial charge in [-0.15, -0.1) is 0 Å². The van der Waals surface area contributed by atoms with Crippen molar-refractivity contribution in [1.29, 1.82) is 0 Å². The summed E-state index contributed by atoms with van der Waals surface area (Å²) in [5.74, 6) is -0.857. The van der Waals surface area contributed by atoms with Gasteiger partial charge in [0.2, 0.25) is 0 Å². The monoisotopic (exact) mass is 255 g/mol. The van der Waals surface area contributed by atoms with Gasteiger partial charge in [0.15, 0.2) is 0 Å². The predicted molar refractivity (Wildman–Crippen MR) is 65.0 cm³/mol. The number of hydrogen-bond donors (Lipinski definition) is 1. The second-order valence-electron chi connectivity index (χ2n) is 3.43. The third-order valence-electron chi connectivity index (χ3n) is 2.11. The summed E-state index contributed by atoms with van der Waals surface area (Å²) < 4.78 is 4.78. The first-order chi connectivity index (χ1) is 8.06. The predicted octanol–water partition coefficient (Wildman–Crippen LogP) is 2.02. The molecule has 1 N–H and O–H groups in total. The Bertz CT molecular complexity index is 420. The Hall–Kier alpha value is -1.55. The van der Waals surface area contributed by atoms with Gasteiger partial charge in [-0.2, -0.15) is 0 Å². The number of nitrogens with one attached hydrogen (secondary N) is 1. The van der Waals surface area contributed by atoms with Crippen LogP contribution in [0.3, 0.4) is 0 Å². The highest BCUT2D eigenvalue weighted by Gasteiger charge is 2.18. The van der Waals surface area contributed by atoms with Crippen LogP contribution in [0.25, 0.3) is 0 Å². The molecule has 0 bridgehead atoms. The average Bonchev–Trinajstić information content (AvgIpc) is 2.29. The third-order valence-corrected chi connectivity index (χ3v) is 2.44. The average molecular weight is 256 g/mol. The minimum Gasteiger partial charge on any atom is -0.464 e. The third kappa shape index (κ3) is 3.75. The Morgan fingerprint density at radius 1 is 1.41 bits per heavy atom. The van der Waals surface area contributed by atoms with E-state index in [0.717, 1.165) is 0 Å². The maximum Gasteiger partial charge on any atom is 0.328 e. The van der Waals surface area contributed by atoms with Gasteiger partial charge < -0.3 is 10.1 Å². The maximum atomic E-state index is 11.8. The SMILES string of the molecule is CCOC(=O)C(C)NC(=O)c1ccccc1Cl. The quantitative estimate of drug-likeness (QED) is 0.838. The number of benzene rings is 1. The molecular formula is C12H14ClNO3. The molecule has 0 aromatic heterocycles. The number of halogens is 1. The minimum atomic E-state index is -0.696. The lowest BCUT2D eigenvalue weighted by Crippen LogP contribution is -2.39. The lowest BCUT2D eigenvalue weighted by Gasteiger charge is -2.13. The fourth-order valence-electron chi connectivity index (χ4n) is 1.25. The van der Waals surface area contributed by atoms with E-state index in [1.165, 1.54) is 0 Å². The highest BCUT2D eigenvalue weighted by Crippen LogP contribution is 2.14. The molecule has 0 spiro atoms. The van der Waals surface area contributed by atoms with Crippen LogP contribution in [-0.4, -0.2) is 24.5 Å². The van der Waals surface area contributed by atoms with Crippen LogP contribution in [-0.2, 0) is 9.53 Å². The lowest BCUT2D eigenvalue weighted by atomic mass is 10.2. The van der Waals surface area contributed by atoms with Gasteiger partial charge in [-0.05, 0) is 26.0 Å². The fraction of sp³-hybridized carbons (Fsp3) is 0.333. The molecular weight excluding hydrogens is 242 g/mol. The van der Waals surface area contributed by atoms with E-state index in [-0.39, 0.29) is 6.61 Å². The molecule has 0 heterocycles. The van der Waals surface area contributed by atoms with Crippen LogP contribution in [0.2, 0.25) is 5.02 Å². The molecule has 0 aliphatic heterocycles. The van der Waals surface area contributed by atoms with Crippen molar-refractivity contribution in [2.45, 2.75) is 19.9 Å². The number of amides is 1. The van der Waals surface area contributed by atoms with E-state index < -0.39 is 17.9 Å². The zero-order chi connectivity index (χ0) is 12.8. The van der Waals surface area contributed by atoms with E-state index in [2.05, 4.69) is 5.32 Å². The van der Waals surface area contributed by atoms with E-state index in [1.807, 2.05) is 0 Å². The highest BCUT2D eigenvalue weighted by molar-refractivity contribution is 6.33. The van der Waals surface area contributed by atoms with Crippen molar-refractivity contribution in [1.82, 2.24) is 5.32 Å². The summed E-state index contributed by atoms with van der Waals surface area (Å²) in [4.78, 5) is 23.1. The Morgan fingerprint density at radius 3 is 2.65 bits per heavy atom. The Labute approximate surface area is 105 Å². The summed E-state index contributed by atoms with van der Waals surface area (Å²) in [6.45, 7) is 3.55. The molecule has 0 aliphatic rings. The van der Waals surface area contributed by atoms with Gasteiger partial charge in [0.05, 0.1) is 17.2 Å². The summed E-state index contributed by atoms with van der Waals surface area (Å²) >= 11 is 5.87. The van der Waals surface area contributed by atoms with Crippen molar-refractivity contribution < 1.29 is 14.3 Å². The fourth-order valence-corrected chi connectivity index (χ4v) is 1.47. The number of carbonyl (C=O) groups excluding carboxylic acids is 2. The van der Waals surface area contributed by atoms with E-state index >= 15 is 0 Å². The first kappa shape index (κ1) is 13.5. The summed E-state index contributed by atoms with van der Waals surface area (Å²) in [6.07, 6.45) is 0. The van der Waals surface area contributed by atoms with Crippen LogP contribution >= 0.6 is 11.6 Å². The summed E-state index contributed by atoms with van der Waals surface area (Å²) in [7, 11) is 0. The van der Waals surface area contributed by atoms with Crippen LogP contribution in [0.4, 0.5) is 0 Å². The van der Waals surface area contributed by atoms with E-state index in [9.17, 15) is 9.59 Å². The number of carbonyl (C=O) groups is 2. The number of hydrogen-bond acceptors (Lipinski definition) is 3. The van der Waals surface area contributed by atoms with Gasteiger partial charge in [-0.1, -0.05) is 23.7 Å². The van der Waals surface area contributed by atoms with Crippen molar-refractivity contribution >= 4 is 23.5 Å². The summed E-state index contributed by atoms with van der Waals surface area (Å²) in [5.41, 5.74) is 0.338. The van der Waals surface area contributed by atoms with Gasteiger partial charge in [0.25, 0.3) is 5.91 Å². The molecule has 1 rings (SSSR count). The molecule has 0 fully saturated rings. The smallest absolute Gasteiger partial charge is 0.328 e. The number of esters is 1. The summed E-state index contributed by atoms with van der Waals surface area (Å²) in [6, 6.07) is 5.95. The van der Waals surface area contributed by atoms with Crippen LogP contribution in [0.5, 0.6) is 0 Å². The van der Waals surface area contributed by atoms with Crippen LogP contribution in [0.15, 0.2) is 24.3 Å². The van der Waals surface area contributed by atoms with Crippen LogP contribution < -0.4 is 5.32 Å². The maximum absolute atomic E-state index is 11.8. The zero-order valence-electron chi connectivity index (χ0n) is 9.70. The summed E-state index contributed by atoms with van der Waals surface area (Å²) in [5, 5.41) is 2.87. The molecule has 92 valence electrons. The molecule has 4 nitrogen and oxygen atoms in total. The van der Waals surface area contributed by atoms with Crippen LogP contribution in [0.1, 0.15) is 24.2 Å². The zero-order valence-corrected chi connectivity index (χ0v) is 10.5. The van der Waals surface area contributed by atoms with E-state index in [1.54, 1.807) is 38.1 Å². The van der Waals surface area contributed by atoms with Crippen molar-refractivity contribution in [2.75, 3.05) is 6.61 Å².